The summed E-state index contributed by atoms with van der Waals surface area (Å²) in [5.41, 5.74) is 0. The third-order valence-electron chi connectivity index (χ3n) is 1.71. The zero-order valence-electron chi connectivity index (χ0n) is 6.70. The lowest BCUT2D eigenvalue weighted by atomic mass is 9.96. The minimum Gasteiger partial charge on any atom is -0.392 e. The smallest absolute Gasteiger partial charge is 0.0768 e. The van der Waals surface area contributed by atoms with E-state index in [0.717, 1.165) is 0 Å². The van der Waals surface area contributed by atoms with Crippen molar-refractivity contribution in [3.63, 3.8) is 0 Å². The molecule has 2 N–H and O–H groups in total. The average Bonchev–Trinajstić information content (AvgIpc) is 2.02. The molecule has 11 heavy (non-hydrogen) atoms. The zero-order chi connectivity index (χ0) is 8.85. The number of rotatable bonds is 4. The molecule has 0 rings (SSSR count). The predicted molar refractivity (Wildman–Crippen MR) is 44.8 cm³/mol. The van der Waals surface area contributed by atoms with Gasteiger partial charge in [-0.1, -0.05) is 13.0 Å². The Bertz CT molecular complexity index is 157. The Kier molecular flexibility index (Phi) is 4.60. The van der Waals surface area contributed by atoms with Crippen molar-refractivity contribution in [1.82, 2.24) is 0 Å². The normalized spacial score (nSPS) is 18.0. The number of aliphatic hydroxyl groups is 2. The van der Waals surface area contributed by atoms with Crippen molar-refractivity contribution in [1.29, 1.82) is 0 Å². The molecule has 0 aromatic rings. The summed E-state index contributed by atoms with van der Waals surface area (Å²) in [5.74, 6) is 2.09. The highest BCUT2D eigenvalue weighted by atomic mass is 16.3. The van der Waals surface area contributed by atoms with Crippen molar-refractivity contribution >= 4 is 0 Å². The van der Waals surface area contributed by atoms with Crippen LogP contribution in [0.5, 0.6) is 0 Å². The quantitative estimate of drug-likeness (QED) is 0.458. The van der Waals surface area contributed by atoms with E-state index in [1.165, 1.54) is 6.08 Å². The second kappa shape index (κ2) is 4.95. The summed E-state index contributed by atoms with van der Waals surface area (Å²) in [5, 5.41) is 18.4. The molecule has 0 aromatic carbocycles. The highest BCUT2D eigenvalue weighted by Gasteiger charge is 2.18. The fraction of sp³-hybridized carbons (Fsp3) is 0.556. The minimum absolute atomic E-state index is 0.247. The summed E-state index contributed by atoms with van der Waals surface area (Å²) < 4.78 is 0. The van der Waals surface area contributed by atoms with E-state index < -0.39 is 12.2 Å². The van der Waals surface area contributed by atoms with Gasteiger partial charge in [0.15, 0.2) is 0 Å². The maximum Gasteiger partial charge on any atom is 0.0768 e. The first-order chi connectivity index (χ1) is 5.13. The summed E-state index contributed by atoms with van der Waals surface area (Å²) in [7, 11) is 0. The van der Waals surface area contributed by atoms with Crippen LogP contribution >= 0.6 is 0 Å². The molecule has 0 aromatic heterocycles. The van der Waals surface area contributed by atoms with Gasteiger partial charge in [0.05, 0.1) is 12.2 Å². The van der Waals surface area contributed by atoms with E-state index >= 15 is 0 Å². The van der Waals surface area contributed by atoms with Crippen molar-refractivity contribution in [3.05, 3.63) is 12.7 Å². The van der Waals surface area contributed by atoms with Crippen molar-refractivity contribution < 1.29 is 10.2 Å². The molecule has 0 spiro atoms. The molecule has 62 valence electrons. The lowest BCUT2D eigenvalue weighted by molar-refractivity contribution is 0.0485. The number of terminal acetylenes is 1. The molecule has 0 heterocycles. The molecule has 0 saturated heterocycles. The predicted octanol–water partition coefficient (Wildman–Crippen LogP) is 0.554. The van der Waals surface area contributed by atoms with Gasteiger partial charge in [-0.25, -0.2) is 0 Å². The SMILES string of the molecule is C#CC[C@H](O)[C@H](C)[C@@H](O)C=C. The molecule has 0 saturated carbocycles. The third-order valence-corrected chi connectivity index (χ3v) is 1.71. The summed E-state index contributed by atoms with van der Waals surface area (Å²) >= 11 is 0. The van der Waals surface area contributed by atoms with Gasteiger partial charge in [0.2, 0.25) is 0 Å². The van der Waals surface area contributed by atoms with Crippen molar-refractivity contribution in [2.45, 2.75) is 25.6 Å². The second-order valence-electron chi connectivity index (χ2n) is 2.56. The van der Waals surface area contributed by atoms with Crippen molar-refractivity contribution in [2.24, 2.45) is 5.92 Å². The van der Waals surface area contributed by atoms with Crippen molar-refractivity contribution in [2.75, 3.05) is 0 Å². The van der Waals surface area contributed by atoms with Crippen LogP contribution in [0.2, 0.25) is 0 Å². The van der Waals surface area contributed by atoms with Gasteiger partial charge in [0.1, 0.15) is 0 Å². The van der Waals surface area contributed by atoms with E-state index in [1.807, 2.05) is 0 Å². The van der Waals surface area contributed by atoms with Crippen molar-refractivity contribution in [3.8, 4) is 12.3 Å². The van der Waals surface area contributed by atoms with Crippen LogP contribution in [-0.4, -0.2) is 22.4 Å². The molecule has 0 bridgehead atoms. The molecule has 0 radical (unpaired) electrons. The number of aliphatic hydroxyl groups excluding tert-OH is 2. The highest BCUT2D eigenvalue weighted by Crippen LogP contribution is 2.11. The van der Waals surface area contributed by atoms with Gasteiger partial charge in [0, 0.05) is 12.3 Å². The van der Waals surface area contributed by atoms with Gasteiger partial charge < -0.3 is 10.2 Å². The maximum absolute atomic E-state index is 9.27. The molecule has 0 aliphatic carbocycles. The summed E-state index contributed by atoms with van der Waals surface area (Å²) in [6, 6.07) is 0. The lowest BCUT2D eigenvalue weighted by Crippen LogP contribution is -2.27. The molecule has 0 unspecified atom stereocenters. The molecule has 3 atom stereocenters. The standard InChI is InChI=1S/C9H14O2/c1-4-6-9(11)7(3)8(10)5-2/h1,5,7-11H,2,6H2,3H3/t7-,8+,9+/m1/s1. The van der Waals surface area contributed by atoms with Gasteiger partial charge in [-0.2, -0.15) is 0 Å². The van der Waals surface area contributed by atoms with Crippen LogP contribution in [0.1, 0.15) is 13.3 Å². The Labute approximate surface area is 67.6 Å². The van der Waals surface area contributed by atoms with Gasteiger partial charge >= 0.3 is 0 Å². The van der Waals surface area contributed by atoms with Crippen LogP contribution in [0.25, 0.3) is 0 Å². The Balaban J connectivity index is 3.91. The summed E-state index contributed by atoms with van der Waals surface area (Å²) in [6.45, 7) is 5.14. The van der Waals surface area contributed by atoms with E-state index in [9.17, 15) is 10.2 Å². The first-order valence-corrected chi connectivity index (χ1v) is 3.55. The van der Waals surface area contributed by atoms with Gasteiger partial charge in [0.25, 0.3) is 0 Å². The Hall–Kier alpha value is -0.780. The number of hydrogen-bond acceptors (Lipinski definition) is 2. The second-order valence-corrected chi connectivity index (χ2v) is 2.56. The van der Waals surface area contributed by atoms with Gasteiger partial charge in [-0.05, 0) is 0 Å². The van der Waals surface area contributed by atoms with E-state index in [2.05, 4.69) is 12.5 Å². The Morgan fingerprint density at radius 3 is 2.55 bits per heavy atom. The molecule has 0 aliphatic heterocycles. The molecule has 0 aliphatic rings. The topological polar surface area (TPSA) is 40.5 Å². The first kappa shape index (κ1) is 10.2. The Morgan fingerprint density at radius 1 is 1.64 bits per heavy atom. The van der Waals surface area contributed by atoms with Gasteiger partial charge in [-0.3, -0.25) is 0 Å². The third kappa shape index (κ3) is 3.22. The monoisotopic (exact) mass is 154 g/mol. The van der Waals surface area contributed by atoms with Crippen LogP contribution in [0, 0.1) is 18.3 Å². The van der Waals surface area contributed by atoms with Crippen LogP contribution in [0.15, 0.2) is 12.7 Å². The van der Waals surface area contributed by atoms with E-state index in [4.69, 9.17) is 6.42 Å². The van der Waals surface area contributed by atoms with E-state index in [1.54, 1.807) is 6.92 Å². The van der Waals surface area contributed by atoms with Crippen LogP contribution in [0.3, 0.4) is 0 Å². The molecule has 0 amide bonds. The molecule has 0 fully saturated rings. The molecule has 2 nitrogen and oxygen atoms in total. The van der Waals surface area contributed by atoms with E-state index in [0.29, 0.717) is 0 Å². The van der Waals surface area contributed by atoms with Crippen LogP contribution < -0.4 is 0 Å². The van der Waals surface area contributed by atoms with Crippen LogP contribution in [-0.2, 0) is 0 Å². The molecular weight excluding hydrogens is 140 g/mol. The van der Waals surface area contributed by atoms with E-state index in [-0.39, 0.29) is 12.3 Å². The number of hydrogen-bond donors (Lipinski definition) is 2. The minimum atomic E-state index is -0.682. The zero-order valence-corrected chi connectivity index (χ0v) is 6.70. The fourth-order valence-electron chi connectivity index (χ4n) is 0.749. The molecule has 2 heteroatoms. The fourth-order valence-corrected chi connectivity index (χ4v) is 0.749. The maximum atomic E-state index is 9.27. The average molecular weight is 154 g/mol. The van der Waals surface area contributed by atoms with Gasteiger partial charge in [-0.15, -0.1) is 18.9 Å². The highest BCUT2D eigenvalue weighted by molar-refractivity contribution is 4.92. The first-order valence-electron chi connectivity index (χ1n) is 3.55. The summed E-state index contributed by atoms with van der Waals surface area (Å²) in [6.07, 6.45) is 5.33. The summed E-state index contributed by atoms with van der Waals surface area (Å²) in [4.78, 5) is 0. The van der Waals surface area contributed by atoms with Crippen LogP contribution in [0.4, 0.5) is 0 Å². The molecular formula is C9H14O2. The lowest BCUT2D eigenvalue weighted by Gasteiger charge is -2.19. The Morgan fingerprint density at radius 2 is 2.18 bits per heavy atom. The largest absolute Gasteiger partial charge is 0.392 e.